The molecule has 16 nitrogen and oxygen atoms in total. The van der Waals surface area contributed by atoms with Gasteiger partial charge < -0.3 is 74.4 Å². The Bertz CT molecular complexity index is 1170. The van der Waals surface area contributed by atoms with Crippen LogP contribution in [-0.4, -0.2) is 197 Å². The van der Waals surface area contributed by atoms with E-state index < -0.39 is 50.4 Å². The maximum atomic E-state index is 8.91. The van der Waals surface area contributed by atoms with Gasteiger partial charge in [-0.2, -0.15) is 0 Å². The first-order valence-electron chi connectivity index (χ1n) is 24.2. The van der Waals surface area contributed by atoms with Gasteiger partial charge in [-0.15, -0.1) is 0 Å². The summed E-state index contributed by atoms with van der Waals surface area (Å²) in [5.74, 6) is 0. The second kappa shape index (κ2) is 32.5. The number of aliphatic hydroxyl groups is 3. The second-order valence-corrected chi connectivity index (χ2v) is 44.8. The van der Waals surface area contributed by atoms with Gasteiger partial charge in [0.1, 0.15) is 25.1 Å². The van der Waals surface area contributed by atoms with Gasteiger partial charge in [0.15, 0.2) is 33.3 Å². The van der Waals surface area contributed by atoms with E-state index in [9.17, 15) is 0 Å². The van der Waals surface area contributed by atoms with Crippen molar-refractivity contribution >= 4 is 50.4 Å². The minimum absolute atomic E-state index is 0.0613. The van der Waals surface area contributed by atoms with Crippen LogP contribution in [0, 0.1) is 0 Å². The molecular formula is C42H94O16Si6. The summed E-state index contributed by atoms with van der Waals surface area (Å²) in [6.07, 6.45) is 6.72. The second-order valence-electron chi connectivity index (χ2n) is 20.0. The van der Waals surface area contributed by atoms with Gasteiger partial charge in [-0.1, -0.05) is 0 Å². The molecule has 3 aliphatic heterocycles. The number of ether oxygens (including phenoxy) is 9. The Morgan fingerprint density at radius 1 is 0.375 bits per heavy atom. The first-order chi connectivity index (χ1) is 30.2. The Kier molecular flexibility index (Phi) is 30.9. The van der Waals surface area contributed by atoms with Crippen LogP contribution in [0.3, 0.4) is 0 Å². The van der Waals surface area contributed by atoms with Gasteiger partial charge >= 0.3 is 17.1 Å². The molecule has 0 bridgehead atoms. The van der Waals surface area contributed by atoms with Gasteiger partial charge in [0.05, 0.1) is 66.1 Å². The molecule has 0 aromatic carbocycles. The van der Waals surface area contributed by atoms with Crippen LogP contribution in [0.15, 0.2) is 0 Å². The molecule has 0 amide bonds. The summed E-state index contributed by atoms with van der Waals surface area (Å²) in [6.45, 7) is 31.9. The standard InChI is InChI=1S/C21H46O8Si3.C21H48O8Si3/c1-30(2,12-6-9-23-15-20-17-26-20)28-31(3,4)29-32(5,14-8-11-25-19-22)13-7-10-24-16-21-18-27-21;1-30(2,16-6-11-24-14-9-22)28-31(3,4)29-32(5,17-7-12-25-15-10-23)18-8-13-26-19-21-20-27-21/h20-22H,6-19H2,1-5H3;21-23H,6-20H2,1-5H3. The smallest absolute Gasteiger partial charge is 0.311 e. The summed E-state index contributed by atoms with van der Waals surface area (Å²) < 4.78 is 76.0. The summed E-state index contributed by atoms with van der Waals surface area (Å²) in [6, 6.07) is 6.17. The maximum Gasteiger partial charge on any atom is 0.311 e. The molecule has 0 saturated carbocycles. The largest absolute Gasteiger partial charge is 0.437 e. The molecule has 3 rings (SSSR count). The Hall–Kier alpha value is 0.661. The first kappa shape index (κ1) is 60.8. The zero-order chi connectivity index (χ0) is 47.4. The molecule has 5 atom stereocenters. The fourth-order valence-corrected chi connectivity index (χ4v) is 37.8. The predicted molar refractivity (Wildman–Crippen MR) is 265 cm³/mol. The quantitative estimate of drug-likeness (QED) is 0.0257. The number of hydrogen-bond acceptors (Lipinski definition) is 16. The van der Waals surface area contributed by atoms with Crippen LogP contribution in [0.1, 0.15) is 38.5 Å². The fraction of sp³-hybridized carbons (Fsp3) is 1.00. The van der Waals surface area contributed by atoms with Gasteiger partial charge in [0.25, 0.3) is 0 Å². The van der Waals surface area contributed by atoms with E-state index >= 15 is 0 Å². The Morgan fingerprint density at radius 3 is 0.938 bits per heavy atom. The average molecular weight is 1020 g/mol. The minimum atomic E-state index is -2.30. The van der Waals surface area contributed by atoms with Crippen molar-refractivity contribution in [3.8, 4) is 0 Å². The van der Waals surface area contributed by atoms with Crippen molar-refractivity contribution in [2.45, 2.75) is 159 Å². The fourth-order valence-electron chi connectivity index (χ4n) is 8.04. The molecule has 64 heavy (non-hydrogen) atoms. The molecule has 3 aliphatic rings. The molecule has 0 aromatic heterocycles. The van der Waals surface area contributed by atoms with E-state index in [0.29, 0.717) is 71.2 Å². The summed E-state index contributed by atoms with van der Waals surface area (Å²) in [5, 5.41) is 26.6. The lowest BCUT2D eigenvalue weighted by Crippen LogP contribution is -2.53. The van der Waals surface area contributed by atoms with Crippen molar-refractivity contribution in [3.63, 3.8) is 0 Å². The van der Waals surface area contributed by atoms with E-state index in [1.165, 1.54) is 0 Å². The van der Waals surface area contributed by atoms with Crippen LogP contribution in [0.5, 0.6) is 0 Å². The highest BCUT2D eigenvalue weighted by atomic mass is 28.5. The van der Waals surface area contributed by atoms with Crippen LogP contribution < -0.4 is 0 Å². The molecular weight excluding hydrogens is 929 g/mol. The van der Waals surface area contributed by atoms with Gasteiger partial charge in [0, 0.05) is 39.6 Å². The Balaban J connectivity index is 0.000000440. The molecule has 0 spiro atoms. The highest BCUT2D eigenvalue weighted by Gasteiger charge is 2.43. The lowest BCUT2D eigenvalue weighted by molar-refractivity contribution is -0.00114. The Labute approximate surface area is 394 Å². The molecule has 382 valence electrons. The van der Waals surface area contributed by atoms with Gasteiger partial charge in [-0.05, 0) is 140 Å². The van der Waals surface area contributed by atoms with Crippen LogP contribution >= 0.6 is 0 Å². The zero-order valence-electron chi connectivity index (χ0n) is 41.9. The lowest BCUT2D eigenvalue weighted by atomic mass is 10.5. The summed E-state index contributed by atoms with van der Waals surface area (Å²) in [5.41, 5.74) is 0. The third kappa shape index (κ3) is 34.0. The molecule has 3 fully saturated rings. The van der Waals surface area contributed by atoms with E-state index in [2.05, 4.69) is 65.5 Å². The molecule has 3 saturated heterocycles. The summed E-state index contributed by atoms with van der Waals surface area (Å²) >= 11 is 0. The molecule has 5 unspecified atom stereocenters. The van der Waals surface area contributed by atoms with Crippen molar-refractivity contribution in [2.24, 2.45) is 0 Å². The maximum absolute atomic E-state index is 8.91. The van der Waals surface area contributed by atoms with Crippen molar-refractivity contribution < 1.29 is 74.4 Å². The highest BCUT2D eigenvalue weighted by Crippen LogP contribution is 2.31. The molecule has 0 radical (unpaired) electrons. The summed E-state index contributed by atoms with van der Waals surface area (Å²) in [4.78, 5) is 0. The average Bonchev–Trinajstić information content (AvgIpc) is 4.03. The number of hydrogen-bond donors (Lipinski definition) is 3. The predicted octanol–water partition coefficient (Wildman–Crippen LogP) is 6.57. The third-order valence-corrected chi connectivity index (χ3v) is 35.8. The van der Waals surface area contributed by atoms with E-state index in [1.54, 1.807) is 0 Å². The molecule has 0 aromatic rings. The number of rotatable bonds is 43. The summed E-state index contributed by atoms with van der Waals surface area (Å²) in [7, 11) is -12.3. The van der Waals surface area contributed by atoms with Gasteiger partial charge in [0.2, 0.25) is 0 Å². The third-order valence-electron chi connectivity index (χ3n) is 10.8. The Morgan fingerprint density at radius 2 is 0.656 bits per heavy atom. The van der Waals surface area contributed by atoms with E-state index in [1.807, 2.05) is 0 Å². The van der Waals surface area contributed by atoms with Crippen LogP contribution in [0.2, 0.25) is 102 Å². The zero-order valence-corrected chi connectivity index (χ0v) is 47.9. The van der Waals surface area contributed by atoms with Crippen LogP contribution in [0.25, 0.3) is 0 Å². The topological polar surface area (TPSA) is 191 Å². The SMILES string of the molecule is C[Si](C)(CCCOCC1CO1)O[Si](C)(C)O[Si](C)(CCCOCO)CCCOCC1CO1.C[Si](C)(CCCOCCO)O[Si](C)(C)O[Si](C)(CCCOCCO)CCCOCC1CO1. The van der Waals surface area contributed by atoms with Crippen molar-refractivity contribution in [2.75, 3.05) is 113 Å². The molecule has 3 heterocycles. The van der Waals surface area contributed by atoms with Crippen LogP contribution in [-0.2, 0) is 59.1 Å². The van der Waals surface area contributed by atoms with Crippen molar-refractivity contribution in [1.29, 1.82) is 0 Å². The van der Waals surface area contributed by atoms with Gasteiger partial charge in [-0.3, -0.25) is 0 Å². The minimum Gasteiger partial charge on any atom is -0.437 e. The van der Waals surface area contributed by atoms with Crippen molar-refractivity contribution in [1.82, 2.24) is 0 Å². The number of epoxide rings is 3. The first-order valence-corrected chi connectivity index (χ1v) is 41.7. The molecule has 22 heteroatoms. The molecule has 3 N–H and O–H groups in total. The van der Waals surface area contributed by atoms with Crippen molar-refractivity contribution in [3.05, 3.63) is 0 Å². The van der Waals surface area contributed by atoms with E-state index in [0.717, 1.165) is 114 Å². The normalized spacial score (nSPS) is 20.7. The van der Waals surface area contributed by atoms with E-state index in [4.69, 9.17) is 74.4 Å². The highest BCUT2D eigenvalue weighted by molar-refractivity contribution is 6.89. The van der Waals surface area contributed by atoms with E-state index in [-0.39, 0.29) is 20.0 Å². The monoisotopic (exact) mass is 1020 g/mol. The number of aliphatic hydroxyl groups excluding tert-OH is 3. The van der Waals surface area contributed by atoms with Gasteiger partial charge in [-0.25, -0.2) is 0 Å². The lowest BCUT2D eigenvalue weighted by Gasteiger charge is -2.40. The van der Waals surface area contributed by atoms with Crippen LogP contribution in [0.4, 0.5) is 0 Å². The molecule has 0 aliphatic carbocycles.